The van der Waals surface area contributed by atoms with Crippen LogP contribution in [0, 0.1) is 5.92 Å². The van der Waals surface area contributed by atoms with Crippen LogP contribution in [0.25, 0.3) is 10.4 Å². The molecule has 16 heavy (non-hydrogen) atoms. The van der Waals surface area contributed by atoms with Crippen LogP contribution in [-0.2, 0) is 14.2 Å². The predicted octanol–water partition coefficient (Wildman–Crippen LogP) is 2.20. The van der Waals surface area contributed by atoms with Gasteiger partial charge in [0.05, 0.1) is 12.1 Å². The van der Waals surface area contributed by atoms with Gasteiger partial charge in [0.25, 0.3) is 0 Å². The van der Waals surface area contributed by atoms with Gasteiger partial charge in [-0.3, -0.25) is 0 Å². The summed E-state index contributed by atoms with van der Waals surface area (Å²) in [6.07, 6.45) is -0.551. The van der Waals surface area contributed by atoms with Crippen molar-refractivity contribution < 1.29 is 14.2 Å². The molecule has 2 heterocycles. The van der Waals surface area contributed by atoms with Gasteiger partial charge in [-0.1, -0.05) is 19.0 Å². The molecule has 0 radical (unpaired) electrons. The molecule has 2 saturated heterocycles. The molecule has 0 aromatic rings. The second-order valence-electron chi connectivity index (χ2n) is 4.87. The molecule has 6 nitrogen and oxygen atoms in total. The van der Waals surface area contributed by atoms with Gasteiger partial charge >= 0.3 is 0 Å². The average Bonchev–Trinajstić information content (AvgIpc) is 2.62. The Kier molecular flexibility index (Phi) is 2.84. The van der Waals surface area contributed by atoms with Crippen molar-refractivity contribution in [3.05, 3.63) is 10.4 Å². The van der Waals surface area contributed by atoms with E-state index in [4.69, 9.17) is 19.7 Å². The monoisotopic (exact) mass is 227 g/mol. The molecule has 2 rings (SSSR count). The lowest BCUT2D eigenvalue weighted by Gasteiger charge is -2.25. The first-order chi connectivity index (χ1) is 7.44. The minimum atomic E-state index is -0.587. The lowest BCUT2D eigenvalue weighted by atomic mass is 9.96. The van der Waals surface area contributed by atoms with E-state index in [2.05, 4.69) is 10.0 Å². The smallest absolute Gasteiger partial charge is 0.187 e. The van der Waals surface area contributed by atoms with Gasteiger partial charge in [-0.15, -0.1) is 0 Å². The Morgan fingerprint density at radius 3 is 2.62 bits per heavy atom. The average molecular weight is 227 g/mol. The number of hydrogen-bond acceptors (Lipinski definition) is 4. The van der Waals surface area contributed by atoms with Crippen molar-refractivity contribution in [2.75, 3.05) is 0 Å². The molecule has 0 spiro atoms. The number of ether oxygens (including phenoxy) is 3. The van der Waals surface area contributed by atoms with E-state index in [1.54, 1.807) is 0 Å². The summed E-state index contributed by atoms with van der Waals surface area (Å²) in [6.45, 7) is 7.61. The Balaban J connectivity index is 2.08. The highest BCUT2D eigenvalue weighted by atomic mass is 16.8. The van der Waals surface area contributed by atoms with Crippen molar-refractivity contribution in [1.29, 1.82) is 0 Å². The highest BCUT2D eigenvalue weighted by molar-refractivity contribution is 4.94. The van der Waals surface area contributed by atoms with Crippen LogP contribution in [0.15, 0.2) is 5.11 Å². The summed E-state index contributed by atoms with van der Waals surface area (Å²) in [7, 11) is 0. The standard InChI is InChI=1S/C10H17N3O3/c1-5-7(6(2)12-13-11)14-9-8(5)15-10(3,4)16-9/h5-9H,1-4H3/t5-,6+,7+,8-,9-/m1/s1. The summed E-state index contributed by atoms with van der Waals surface area (Å²) in [5, 5.41) is 3.67. The zero-order valence-corrected chi connectivity index (χ0v) is 9.95. The first kappa shape index (κ1) is 11.7. The number of azide groups is 1. The van der Waals surface area contributed by atoms with E-state index in [0.717, 1.165) is 0 Å². The Hall–Kier alpha value is -0.810. The summed E-state index contributed by atoms with van der Waals surface area (Å²) >= 11 is 0. The van der Waals surface area contributed by atoms with Crippen molar-refractivity contribution >= 4 is 0 Å². The molecule has 2 aliphatic heterocycles. The molecular formula is C10H17N3O3. The van der Waals surface area contributed by atoms with E-state index in [1.165, 1.54) is 0 Å². The number of nitrogens with zero attached hydrogens (tertiary/aromatic N) is 3. The van der Waals surface area contributed by atoms with Crippen molar-refractivity contribution in [2.24, 2.45) is 11.0 Å². The summed E-state index contributed by atoms with van der Waals surface area (Å²) in [5.41, 5.74) is 8.41. The SMILES string of the molecule is C[C@H]1[C@H]2OC(C)(C)O[C@H]2O[C@@H]1[C@H](C)N=[N+]=[N-]. The van der Waals surface area contributed by atoms with Gasteiger partial charge in [-0.2, -0.15) is 0 Å². The largest absolute Gasteiger partial charge is 0.346 e. The zero-order valence-electron chi connectivity index (χ0n) is 9.95. The van der Waals surface area contributed by atoms with Gasteiger partial charge < -0.3 is 14.2 Å². The number of rotatable bonds is 2. The summed E-state index contributed by atoms with van der Waals surface area (Å²) in [6, 6.07) is -0.207. The maximum Gasteiger partial charge on any atom is 0.187 e. The molecule has 6 heteroatoms. The Bertz CT molecular complexity index is 327. The van der Waals surface area contributed by atoms with Crippen LogP contribution < -0.4 is 0 Å². The van der Waals surface area contributed by atoms with Crippen LogP contribution in [0.4, 0.5) is 0 Å². The maximum absolute atomic E-state index is 8.41. The summed E-state index contributed by atoms with van der Waals surface area (Å²) in [5.74, 6) is -0.427. The zero-order chi connectivity index (χ0) is 11.9. The van der Waals surface area contributed by atoms with Crippen LogP contribution in [0.3, 0.4) is 0 Å². The van der Waals surface area contributed by atoms with E-state index < -0.39 is 5.79 Å². The van der Waals surface area contributed by atoms with Crippen LogP contribution in [0.2, 0.25) is 0 Å². The normalized spacial score (nSPS) is 42.5. The highest BCUT2D eigenvalue weighted by Crippen LogP contribution is 2.41. The number of fused-ring (bicyclic) bond motifs is 1. The van der Waals surface area contributed by atoms with E-state index in [1.807, 2.05) is 27.7 Å². The Labute approximate surface area is 94.5 Å². The molecule has 0 N–H and O–H groups in total. The van der Waals surface area contributed by atoms with E-state index >= 15 is 0 Å². The van der Waals surface area contributed by atoms with Gasteiger partial charge in [0.15, 0.2) is 12.1 Å². The van der Waals surface area contributed by atoms with Crippen LogP contribution in [-0.4, -0.2) is 30.3 Å². The van der Waals surface area contributed by atoms with Crippen LogP contribution in [0.5, 0.6) is 0 Å². The van der Waals surface area contributed by atoms with Crippen LogP contribution >= 0.6 is 0 Å². The van der Waals surface area contributed by atoms with E-state index in [-0.39, 0.29) is 30.5 Å². The predicted molar refractivity (Wildman–Crippen MR) is 56.5 cm³/mol. The second-order valence-corrected chi connectivity index (χ2v) is 4.87. The summed E-state index contributed by atoms with van der Waals surface area (Å²) < 4.78 is 17.1. The van der Waals surface area contributed by atoms with Crippen molar-refractivity contribution in [3.8, 4) is 0 Å². The molecule has 0 amide bonds. The van der Waals surface area contributed by atoms with Gasteiger partial charge in [-0.25, -0.2) is 0 Å². The third-order valence-electron chi connectivity index (χ3n) is 3.13. The summed E-state index contributed by atoms with van der Waals surface area (Å²) in [4.78, 5) is 2.80. The van der Waals surface area contributed by atoms with Crippen molar-refractivity contribution in [3.63, 3.8) is 0 Å². The molecule has 0 aromatic carbocycles. The molecule has 0 saturated carbocycles. The fourth-order valence-corrected chi connectivity index (χ4v) is 2.38. The third kappa shape index (κ3) is 1.89. The van der Waals surface area contributed by atoms with Gasteiger partial charge in [0.1, 0.15) is 6.10 Å². The first-order valence-electron chi connectivity index (χ1n) is 5.50. The minimum Gasteiger partial charge on any atom is -0.346 e. The lowest BCUT2D eigenvalue weighted by molar-refractivity contribution is -0.210. The number of hydrogen-bond donors (Lipinski definition) is 0. The molecule has 0 aliphatic carbocycles. The molecule has 0 unspecified atom stereocenters. The topological polar surface area (TPSA) is 76.5 Å². The molecule has 0 bridgehead atoms. The minimum absolute atomic E-state index is 0.0728. The molecular weight excluding hydrogens is 210 g/mol. The van der Waals surface area contributed by atoms with Crippen molar-refractivity contribution in [2.45, 2.75) is 58.0 Å². The quantitative estimate of drug-likeness (QED) is 0.412. The van der Waals surface area contributed by atoms with Gasteiger partial charge in [0, 0.05) is 10.8 Å². The highest BCUT2D eigenvalue weighted by Gasteiger charge is 2.53. The van der Waals surface area contributed by atoms with E-state index in [9.17, 15) is 0 Å². The first-order valence-corrected chi connectivity index (χ1v) is 5.50. The Morgan fingerprint density at radius 2 is 2.06 bits per heavy atom. The van der Waals surface area contributed by atoms with Gasteiger partial charge in [-0.05, 0) is 19.4 Å². The molecule has 5 atom stereocenters. The maximum atomic E-state index is 8.41. The van der Waals surface area contributed by atoms with Crippen molar-refractivity contribution in [1.82, 2.24) is 0 Å². The van der Waals surface area contributed by atoms with Crippen LogP contribution in [0.1, 0.15) is 27.7 Å². The van der Waals surface area contributed by atoms with Gasteiger partial charge in [0.2, 0.25) is 0 Å². The molecule has 2 aliphatic rings. The Morgan fingerprint density at radius 1 is 1.38 bits per heavy atom. The molecule has 0 aromatic heterocycles. The fraction of sp³-hybridized carbons (Fsp3) is 1.00. The second kappa shape index (κ2) is 3.89. The molecule has 90 valence electrons. The van der Waals surface area contributed by atoms with E-state index in [0.29, 0.717) is 0 Å². The third-order valence-corrected chi connectivity index (χ3v) is 3.13. The fourth-order valence-electron chi connectivity index (χ4n) is 2.38. The lowest BCUT2D eigenvalue weighted by Crippen LogP contribution is -2.33. The molecule has 2 fully saturated rings.